The van der Waals surface area contributed by atoms with Crippen LogP contribution in [0.15, 0.2) is 24.3 Å². The number of hydrogen-bond donors (Lipinski definition) is 0. The van der Waals surface area contributed by atoms with Crippen LogP contribution >= 0.6 is 0 Å². The molecular formula is C24H31N3O2. The van der Waals surface area contributed by atoms with E-state index in [9.17, 15) is 9.59 Å². The average Bonchev–Trinajstić information content (AvgIpc) is 2.77. The van der Waals surface area contributed by atoms with Crippen molar-refractivity contribution in [2.75, 3.05) is 26.2 Å². The standard InChI is InChI=1S/C24H31N3O2/c1-3-4-5-7-10-22(28)26-17-13-20(14-18-26)23-21(12-11-19(2)25-23)24(29)27-15-8-6-9-16-27/h6,8,11-12,20H,3-5,9,13-18H2,1-2H3. The number of pyridine rings is 1. The minimum absolute atomic E-state index is 0.0668. The molecule has 0 aliphatic carbocycles. The average molecular weight is 394 g/mol. The molecule has 0 aromatic carbocycles. The smallest absolute Gasteiger partial charge is 0.298 e. The summed E-state index contributed by atoms with van der Waals surface area (Å²) >= 11 is 0. The van der Waals surface area contributed by atoms with Gasteiger partial charge < -0.3 is 9.80 Å². The summed E-state index contributed by atoms with van der Waals surface area (Å²) < 4.78 is 0. The third kappa shape index (κ3) is 5.47. The molecule has 3 rings (SSSR count). The van der Waals surface area contributed by atoms with Crippen LogP contribution in [0.4, 0.5) is 0 Å². The molecule has 2 aliphatic heterocycles. The zero-order chi connectivity index (χ0) is 20.6. The highest BCUT2D eigenvalue weighted by atomic mass is 16.2. The van der Waals surface area contributed by atoms with Gasteiger partial charge in [-0.05, 0) is 50.7 Å². The summed E-state index contributed by atoms with van der Waals surface area (Å²) in [4.78, 5) is 33.9. The number of aryl methyl sites for hydroxylation is 1. The molecule has 3 heterocycles. The van der Waals surface area contributed by atoms with Crippen LogP contribution in [0.2, 0.25) is 0 Å². The quantitative estimate of drug-likeness (QED) is 0.445. The Balaban J connectivity index is 1.67. The summed E-state index contributed by atoms with van der Waals surface area (Å²) in [7, 11) is 0. The Kier molecular flexibility index (Phi) is 7.46. The number of nitrogens with zero attached hydrogens (tertiary/aromatic N) is 3. The summed E-state index contributed by atoms with van der Waals surface area (Å²) in [6.45, 7) is 6.84. The van der Waals surface area contributed by atoms with Crippen LogP contribution in [-0.4, -0.2) is 52.8 Å². The van der Waals surface area contributed by atoms with Gasteiger partial charge in [0, 0.05) is 44.2 Å². The fourth-order valence-corrected chi connectivity index (χ4v) is 3.90. The lowest BCUT2D eigenvalue weighted by molar-refractivity contribution is -0.126. The molecule has 5 nitrogen and oxygen atoms in total. The number of unbranched alkanes of at least 4 members (excludes halogenated alkanes) is 2. The Morgan fingerprint density at radius 2 is 1.93 bits per heavy atom. The molecule has 0 spiro atoms. The second kappa shape index (κ2) is 10.2. The van der Waals surface area contributed by atoms with Crippen LogP contribution in [0.3, 0.4) is 0 Å². The Bertz CT molecular complexity index is 826. The number of rotatable bonds is 4. The van der Waals surface area contributed by atoms with E-state index in [-0.39, 0.29) is 17.7 Å². The summed E-state index contributed by atoms with van der Waals surface area (Å²) in [5.41, 5.74) is 2.54. The lowest BCUT2D eigenvalue weighted by atomic mass is 9.89. The number of amides is 2. The van der Waals surface area contributed by atoms with Gasteiger partial charge >= 0.3 is 0 Å². The minimum atomic E-state index is -0.0758. The van der Waals surface area contributed by atoms with E-state index >= 15 is 0 Å². The molecule has 2 amide bonds. The molecule has 29 heavy (non-hydrogen) atoms. The number of aromatic nitrogens is 1. The van der Waals surface area contributed by atoms with Gasteiger partial charge in [-0.2, -0.15) is 0 Å². The highest BCUT2D eigenvalue weighted by molar-refractivity contribution is 5.96. The van der Waals surface area contributed by atoms with Gasteiger partial charge in [-0.15, -0.1) is 0 Å². The van der Waals surface area contributed by atoms with E-state index in [4.69, 9.17) is 4.98 Å². The van der Waals surface area contributed by atoms with Gasteiger partial charge in [0.2, 0.25) is 0 Å². The van der Waals surface area contributed by atoms with Gasteiger partial charge in [0.05, 0.1) is 11.3 Å². The van der Waals surface area contributed by atoms with Crippen molar-refractivity contribution in [3.63, 3.8) is 0 Å². The predicted molar refractivity (Wildman–Crippen MR) is 114 cm³/mol. The van der Waals surface area contributed by atoms with E-state index in [2.05, 4.69) is 24.8 Å². The summed E-state index contributed by atoms with van der Waals surface area (Å²) in [6, 6.07) is 3.84. The first kappa shape index (κ1) is 21.1. The molecule has 5 heteroatoms. The fourth-order valence-electron chi connectivity index (χ4n) is 3.90. The maximum atomic E-state index is 13.1. The van der Waals surface area contributed by atoms with Gasteiger partial charge in [0.25, 0.3) is 11.8 Å². The lowest BCUT2D eigenvalue weighted by Crippen LogP contribution is -2.38. The first-order chi connectivity index (χ1) is 14.1. The molecule has 0 radical (unpaired) electrons. The fraction of sp³-hybridized carbons (Fsp3) is 0.542. The number of likely N-dealkylation sites (tertiary alicyclic amines) is 1. The maximum absolute atomic E-state index is 13.1. The largest absolute Gasteiger partial charge is 0.335 e. The molecule has 1 saturated heterocycles. The Morgan fingerprint density at radius 3 is 2.62 bits per heavy atom. The number of hydrogen-bond acceptors (Lipinski definition) is 3. The van der Waals surface area contributed by atoms with Crippen LogP contribution in [0.25, 0.3) is 0 Å². The van der Waals surface area contributed by atoms with E-state index in [0.29, 0.717) is 19.6 Å². The molecule has 2 aliphatic rings. The highest BCUT2D eigenvalue weighted by Crippen LogP contribution is 2.30. The molecule has 0 atom stereocenters. The maximum Gasteiger partial charge on any atom is 0.298 e. The van der Waals surface area contributed by atoms with Crippen molar-refractivity contribution in [2.24, 2.45) is 0 Å². The lowest BCUT2D eigenvalue weighted by Gasteiger charge is -2.32. The molecule has 1 fully saturated rings. The zero-order valence-corrected chi connectivity index (χ0v) is 17.6. The molecule has 1 aromatic heterocycles. The molecule has 0 saturated carbocycles. The van der Waals surface area contributed by atoms with E-state index < -0.39 is 0 Å². The van der Waals surface area contributed by atoms with Crippen molar-refractivity contribution in [3.05, 3.63) is 41.2 Å². The van der Waals surface area contributed by atoms with Crippen molar-refractivity contribution in [1.29, 1.82) is 0 Å². The Labute approximate surface area is 174 Å². The molecule has 154 valence electrons. The molecular weight excluding hydrogens is 362 g/mol. The molecule has 0 bridgehead atoms. The number of carbonyl (C=O) groups excluding carboxylic acids is 2. The second-order valence-corrected chi connectivity index (χ2v) is 7.87. The first-order valence-electron chi connectivity index (χ1n) is 10.8. The molecule has 1 aromatic rings. The van der Waals surface area contributed by atoms with E-state index in [1.54, 1.807) is 0 Å². The van der Waals surface area contributed by atoms with Gasteiger partial charge in [-0.1, -0.05) is 31.4 Å². The topological polar surface area (TPSA) is 53.5 Å². The van der Waals surface area contributed by atoms with Crippen molar-refractivity contribution >= 4 is 11.8 Å². The van der Waals surface area contributed by atoms with Gasteiger partial charge in [0.15, 0.2) is 0 Å². The molecule has 0 unspecified atom stereocenters. The molecule has 0 N–H and O–H groups in total. The monoisotopic (exact) mass is 393 g/mol. The summed E-state index contributed by atoms with van der Waals surface area (Å²) in [5.74, 6) is 5.95. The summed E-state index contributed by atoms with van der Waals surface area (Å²) in [5, 5.41) is 0. The third-order valence-electron chi connectivity index (χ3n) is 5.66. The van der Waals surface area contributed by atoms with E-state index in [1.807, 2.05) is 34.9 Å². The van der Waals surface area contributed by atoms with Crippen LogP contribution in [0, 0.1) is 18.8 Å². The van der Waals surface area contributed by atoms with Gasteiger partial charge in [-0.25, -0.2) is 0 Å². The minimum Gasteiger partial charge on any atom is -0.335 e. The predicted octanol–water partition coefficient (Wildman–Crippen LogP) is 3.69. The third-order valence-corrected chi connectivity index (χ3v) is 5.66. The van der Waals surface area contributed by atoms with E-state index in [0.717, 1.165) is 62.0 Å². The first-order valence-corrected chi connectivity index (χ1v) is 10.8. The van der Waals surface area contributed by atoms with Crippen LogP contribution in [-0.2, 0) is 4.79 Å². The summed E-state index contributed by atoms with van der Waals surface area (Å²) in [6.07, 6.45) is 9.61. The Morgan fingerprint density at radius 1 is 1.14 bits per heavy atom. The van der Waals surface area contributed by atoms with Crippen molar-refractivity contribution in [1.82, 2.24) is 14.8 Å². The van der Waals surface area contributed by atoms with Gasteiger partial charge in [-0.3, -0.25) is 14.6 Å². The van der Waals surface area contributed by atoms with Crippen LogP contribution < -0.4 is 0 Å². The number of piperidine rings is 1. The second-order valence-electron chi connectivity index (χ2n) is 7.87. The van der Waals surface area contributed by atoms with Crippen LogP contribution in [0.5, 0.6) is 0 Å². The van der Waals surface area contributed by atoms with Crippen molar-refractivity contribution < 1.29 is 9.59 Å². The normalized spacial score (nSPS) is 17.0. The van der Waals surface area contributed by atoms with Crippen LogP contribution in [0.1, 0.15) is 73.1 Å². The van der Waals surface area contributed by atoms with E-state index in [1.165, 1.54) is 0 Å². The Hall–Kier alpha value is -2.61. The highest BCUT2D eigenvalue weighted by Gasteiger charge is 2.29. The SMILES string of the molecule is CCCCC#CC(=O)N1CCC(c2nc(C)ccc2C(=O)N2CC=CCC2)CC1. The van der Waals surface area contributed by atoms with Crippen molar-refractivity contribution in [3.8, 4) is 11.8 Å². The number of carbonyl (C=O) groups is 2. The zero-order valence-electron chi connectivity index (χ0n) is 17.6. The van der Waals surface area contributed by atoms with Gasteiger partial charge in [0.1, 0.15) is 0 Å². The van der Waals surface area contributed by atoms with Crippen molar-refractivity contribution in [2.45, 2.75) is 58.3 Å².